The SMILES string of the molecule is Cc1c(F)c(F)[c]([HgH])c(F)c1F. The van der Waals surface area contributed by atoms with Crippen LogP contribution < -0.4 is 3.07 Å². The summed E-state index contributed by atoms with van der Waals surface area (Å²) < 4.78 is 50.4. The van der Waals surface area contributed by atoms with Crippen molar-refractivity contribution in [3.8, 4) is 0 Å². The second kappa shape index (κ2) is 3.32. The molecule has 0 saturated heterocycles. The van der Waals surface area contributed by atoms with Crippen molar-refractivity contribution in [2.24, 2.45) is 0 Å². The summed E-state index contributed by atoms with van der Waals surface area (Å²) in [4.78, 5) is 0. The van der Waals surface area contributed by atoms with Gasteiger partial charge in [-0.3, -0.25) is 0 Å². The first kappa shape index (κ1) is 9.96. The Bertz CT molecular complexity index is 230. The third-order valence-corrected chi connectivity index (χ3v) is 5.12. The van der Waals surface area contributed by atoms with E-state index in [1.807, 2.05) is 0 Å². The molecule has 12 heavy (non-hydrogen) atoms. The average molecular weight is 365 g/mol. The van der Waals surface area contributed by atoms with Crippen LogP contribution in [-0.2, 0) is 26.1 Å². The maximum atomic E-state index is 12.7. The van der Waals surface area contributed by atoms with E-state index in [0.29, 0.717) is 0 Å². The van der Waals surface area contributed by atoms with Gasteiger partial charge >= 0.3 is 82.5 Å². The van der Waals surface area contributed by atoms with Gasteiger partial charge in [-0.15, -0.1) is 0 Å². The molecule has 0 nitrogen and oxygen atoms in total. The van der Waals surface area contributed by atoms with Crippen molar-refractivity contribution in [3.05, 3.63) is 28.8 Å². The van der Waals surface area contributed by atoms with Gasteiger partial charge in [0, 0.05) is 0 Å². The average Bonchev–Trinajstić information content (AvgIpc) is 2.08. The van der Waals surface area contributed by atoms with E-state index in [-0.39, 0.29) is 0 Å². The fraction of sp³-hybridized carbons (Fsp3) is 0.143. The van der Waals surface area contributed by atoms with E-state index in [9.17, 15) is 17.6 Å². The van der Waals surface area contributed by atoms with Crippen LogP contribution in [0.3, 0.4) is 0 Å². The van der Waals surface area contributed by atoms with Crippen LogP contribution in [-0.4, -0.2) is 0 Å². The molecule has 0 heterocycles. The van der Waals surface area contributed by atoms with Gasteiger partial charge < -0.3 is 0 Å². The summed E-state index contributed by atoms with van der Waals surface area (Å²) in [5.41, 5.74) is -0.594. The van der Waals surface area contributed by atoms with E-state index in [4.69, 9.17) is 0 Å². The monoisotopic (exact) mass is 366 g/mol. The van der Waals surface area contributed by atoms with Crippen LogP contribution in [0.25, 0.3) is 0 Å². The zero-order valence-electron chi connectivity index (χ0n) is 6.51. The van der Waals surface area contributed by atoms with Gasteiger partial charge in [-0.2, -0.15) is 0 Å². The molecule has 0 spiro atoms. The summed E-state index contributed by atoms with van der Waals surface area (Å²) in [5.74, 6) is -5.00. The van der Waals surface area contributed by atoms with Crippen molar-refractivity contribution >= 4 is 3.07 Å². The van der Waals surface area contributed by atoms with E-state index in [0.717, 1.165) is 6.92 Å². The molecule has 0 fully saturated rings. The van der Waals surface area contributed by atoms with Crippen molar-refractivity contribution in [1.82, 2.24) is 0 Å². The first-order valence-electron chi connectivity index (χ1n) is 3.26. The molecule has 1 rings (SSSR count). The van der Waals surface area contributed by atoms with Crippen LogP contribution >= 0.6 is 0 Å². The fourth-order valence-electron chi connectivity index (χ4n) is 0.851. The molecule has 62 valence electrons. The summed E-state index contributed by atoms with van der Waals surface area (Å²) in [5, 5.41) is 0. The molecule has 0 N–H and O–H groups in total. The summed E-state index contributed by atoms with van der Waals surface area (Å²) in [6, 6.07) is 0. The molecule has 0 aliphatic heterocycles. The molecular weight excluding hydrogens is 361 g/mol. The Labute approximate surface area is 82.5 Å². The number of rotatable bonds is 0. The Hall–Kier alpha value is -0.125. The van der Waals surface area contributed by atoms with Crippen LogP contribution in [0.1, 0.15) is 5.56 Å². The van der Waals surface area contributed by atoms with Gasteiger partial charge in [0.05, 0.1) is 0 Å². The molecule has 0 unspecified atom stereocenters. The predicted molar refractivity (Wildman–Crippen MR) is 32.0 cm³/mol. The van der Waals surface area contributed by atoms with Crippen molar-refractivity contribution in [2.45, 2.75) is 6.92 Å². The van der Waals surface area contributed by atoms with Crippen molar-refractivity contribution in [3.63, 3.8) is 0 Å². The Morgan fingerprint density at radius 2 is 1.17 bits per heavy atom. The van der Waals surface area contributed by atoms with Gasteiger partial charge in [0.25, 0.3) is 0 Å². The van der Waals surface area contributed by atoms with Crippen molar-refractivity contribution in [2.75, 3.05) is 0 Å². The van der Waals surface area contributed by atoms with Gasteiger partial charge in [0.1, 0.15) is 0 Å². The Morgan fingerprint density at radius 1 is 0.833 bits per heavy atom. The van der Waals surface area contributed by atoms with Gasteiger partial charge in [0.2, 0.25) is 0 Å². The predicted octanol–water partition coefficient (Wildman–Crippen LogP) is 1.46. The molecule has 0 atom stereocenters. The van der Waals surface area contributed by atoms with Gasteiger partial charge in [-0.25, -0.2) is 0 Å². The first-order valence-corrected chi connectivity index (χ1v) is 7.14. The number of benzene rings is 1. The molecule has 5 heteroatoms. The molecule has 0 amide bonds. The van der Waals surface area contributed by atoms with E-state index in [1.54, 1.807) is 0 Å². The van der Waals surface area contributed by atoms with Crippen LogP contribution in [0.5, 0.6) is 0 Å². The van der Waals surface area contributed by atoms with E-state index >= 15 is 0 Å². The Morgan fingerprint density at radius 3 is 1.50 bits per heavy atom. The second-order valence-electron chi connectivity index (χ2n) is 2.51. The standard InChI is InChI=1S/C7H3F4.Hg.H/c1-3-6(10)4(8)2-5(9)7(3)11;;/h1H3;;. The molecule has 0 bridgehead atoms. The summed E-state index contributed by atoms with van der Waals surface area (Å²) >= 11 is -0.680. The summed E-state index contributed by atoms with van der Waals surface area (Å²) in [6.07, 6.45) is 0. The van der Waals surface area contributed by atoms with Crippen LogP contribution in [0.2, 0.25) is 0 Å². The third kappa shape index (κ3) is 1.36. The molecule has 0 aliphatic rings. The Kier molecular flexibility index (Phi) is 2.75. The molecule has 0 radical (unpaired) electrons. The summed E-state index contributed by atoms with van der Waals surface area (Å²) in [7, 11) is 0. The van der Waals surface area contributed by atoms with Gasteiger partial charge in [-0.05, 0) is 0 Å². The Balaban J connectivity index is 3.60. The number of hydrogen-bond donors (Lipinski definition) is 0. The molecule has 0 saturated carbocycles. The zero-order valence-corrected chi connectivity index (χ0v) is 14.3. The zero-order chi connectivity index (χ0) is 9.46. The molecule has 0 aromatic heterocycles. The molecule has 1 aromatic carbocycles. The van der Waals surface area contributed by atoms with Crippen molar-refractivity contribution < 1.29 is 43.7 Å². The fourth-order valence-corrected chi connectivity index (χ4v) is 2.56. The van der Waals surface area contributed by atoms with Gasteiger partial charge in [0.15, 0.2) is 0 Å². The maximum absolute atomic E-state index is 12.7. The van der Waals surface area contributed by atoms with E-state index < -0.39 is 58.0 Å². The topological polar surface area (TPSA) is 0 Å². The third-order valence-electron chi connectivity index (χ3n) is 1.70. The van der Waals surface area contributed by atoms with Crippen LogP contribution in [0.15, 0.2) is 0 Å². The van der Waals surface area contributed by atoms with Gasteiger partial charge in [-0.1, -0.05) is 0 Å². The van der Waals surface area contributed by atoms with Crippen LogP contribution in [0, 0.1) is 30.2 Å². The number of hydrogen-bond acceptors (Lipinski definition) is 0. The minimum absolute atomic E-state index is 0.407. The van der Waals surface area contributed by atoms with Crippen LogP contribution in [0.4, 0.5) is 17.6 Å². The molecule has 1 aromatic rings. The molecule has 0 aliphatic carbocycles. The summed E-state index contributed by atoms with van der Waals surface area (Å²) in [6.45, 7) is 1.01. The minimum atomic E-state index is -1.27. The molecular formula is C7H4F4Hg. The number of halogens is 4. The second-order valence-corrected chi connectivity index (χ2v) is 6.39. The van der Waals surface area contributed by atoms with E-state index in [2.05, 4.69) is 0 Å². The quantitative estimate of drug-likeness (QED) is 0.371. The van der Waals surface area contributed by atoms with E-state index in [1.165, 1.54) is 0 Å². The first-order chi connectivity index (χ1) is 5.46. The normalized spacial score (nSPS) is 10.3. The van der Waals surface area contributed by atoms with Crippen molar-refractivity contribution in [1.29, 1.82) is 0 Å².